The zero-order chi connectivity index (χ0) is 27.0. The summed E-state index contributed by atoms with van der Waals surface area (Å²) < 4.78 is 27.9. The molecule has 4 heterocycles. The number of nitrogens with two attached hydrogens (primary N) is 1. The quantitative estimate of drug-likeness (QED) is 0.422. The summed E-state index contributed by atoms with van der Waals surface area (Å²) in [6.07, 6.45) is 0.900. The zero-order valence-electron chi connectivity index (χ0n) is 21.7. The summed E-state index contributed by atoms with van der Waals surface area (Å²) in [6, 6.07) is 13.3. The maximum absolute atomic E-state index is 13.4. The predicted molar refractivity (Wildman–Crippen MR) is 145 cm³/mol. The summed E-state index contributed by atoms with van der Waals surface area (Å²) in [4.78, 5) is 28.8. The molecular formula is C26H33N7O3S. The van der Waals surface area contributed by atoms with Crippen LogP contribution in [0.2, 0.25) is 0 Å². The summed E-state index contributed by atoms with van der Waals surface area (Å²) in [5.41, 5.74) is 6.72. The first-order valence-electron chi connectivity index (χ1n) is 12.2. The Hall–Kier alpha value is -3.73. The van der Waals surface area contributed by atoms with Gasteiger partial charge in [-0.15, -0.1) is 0 Å². The molecule has 0 aliphatic carbocycles. The van der Waals surface area contributed by atoms with Crippen molar-refractivity contribution in [2.24, 2.45) is 5.92 Å². The van der Waals surface area contributed by atoms with Crippen LogP contribution < -0.4 is 20.7 Å². The molecule has 0 bridgehead atoms. The lowest BCUT2D eigenvalue weighted by atomic mass is 9.97. The van der Waals surface area contributed by atoms with E-state index in [4.69, 9.17) is 10.7 Å². The number of hydrogen-bond donors (Lipinski definition) is 3. The zero-order valence-corrected chi connectivity index (χ0v) is 22.5. The molecule has 4 rings (SSSR count). The third kappa shape index (κ3) is 5.82. The van der Waals surface area contributed by atoms with Crippen molar-refractivity contribution < 1.29 is 13.2 Å². The van der Waals surface area contributed by atoms with Crippen LogP contribution in [0.5, 0.6) is 0 Å². The van der Waals surface area contributed by atoms with Gasteiger partial charge in [-0.25, -0.2) is 19.7 Å². The molecular weight excluding hydrogens is 490 g/mol. The Balaban J connectivity index is 1.76. The molecule has 10 nitrogen and oxygen atoms in total. The number of sulfonamides is 1. The molecule has 4 N–H and O–H groups in total. The largest absolute Gasteiger partial charge is 0.384 e. The van der Waals surface area contributed by atoms with Crippen molar-refractivity contribution in [2.75, 3.05) is 22.5 Å². The molecule has 1 aliphatic rings. The average molecular weight is 524 g/mol. The minimum atomic E-state index is -4.25. The summed E-state index contributed by atoms with van der Waals surface area (Å²) in [7, 11) is -4.25. The fourth-order valence-electron chi connectivity index (χ4n) is 4.70. The first-order chi connectivity index (χ1) is 17.4. The first kappa shape index (κ1) is 26.3. The van der Waals surface area contributed by atoms with E-state index in [1.807, 2.05) is 32.0 Å². The van der Waals surface area contributed by atoms with Crippen molar-refractivity contribution in [3.8, 4) is 11.4 Å². The highest BCUT2D eigenvalue weighted by molar-refractivity contribution is 7.90. The van der Waals surface area contributed by atoms with Crippen LogP contribution in [-0.2, 0) is 10.0 Å². The number of rotatable bonds is 7. The van der Waals surface area contributed by atoms with Crippen LogP contribution in [-0.4, -0.2) is 47.4 Å². The molecule has 0 aromatic carbocycles. The lowest BCUT2D eigenvalue weighted by molar-refractivity contribution is 0.0981. The topological polar surface area (TPSA) is 143 Å². The Morgan fingerprint density at radius 3 is 2.41 bits per heavy atom. The summed E-state index contributed by atoms with van der Waals surface area (Å²) >= 11 is 0. The molecule has 11 heteroatoms. The highest BCUT2D eigenvalue weighted by Crippen LogP contribution is 2.38. The van der Waals surface area contributed by atoms with E-state index in [1.165, 1.54) is 18.2 Å². The first-order valence-corrected chi connectivity index (χ1v) is 13.7. The van der Waals surface area contributed by atoms with Crippen LogP contribution in [0, 0.1) is 5.92 Å². The molecule has 1 unspecified atom stereocenters. The van der Waals surface area contributed by atoms with E-state index >= 15 is 0 Å². The van der Waals surface area contributed by atoms with Gasteiger partial charge in [-0.1, -0.05) is 19.1 Å². The monoisotopic (exact) mass is 523 g/mol. The average Bonchev–Trinajstić information content (AvgIpc) is 3.09. The highest BCUT2D eigenvalue weighted by Gasteiger charge is 2.39. The molecule has 1 fully saturated rings. The third-order valence-corrected chi connectivity index (χ3v) is 7.38. The number of anilines is 3. The molecule has 0 spiro atoms. The molecule has 0 saturated carbocycles. The van der Waals surface area contributed by atoms with E-state index in [1.54, 1.807) is 12.1 Å². The van der Waals surface area contributed by atoms with Gasteiger partial charge < -0.3 is 16.0 Å². The lowest BCUT2D eigenvalue weighted by Gasteiger charge is -2.34. The second-order valence-corrected chi connectivity index (χ2v) is 12.0. The Labute approximate surface area is 217 Å². The number of amides is 1. The van der Waals surface area contributed by atoms with E-state index in [0.29, 0.717) is 35.5 Å². The molecule has 3 aromatic rings. The standard InChI is InChI=1S/C26H33N7O3S/c1-16(2)28-22-10-6-8-19(29-22)20-13-12-18(24(30-20)33-15-17(3)14-26(33,4)5)25(34)32-37(35,36)23-11-7-9-21(27)31-23/h6-13,16-17H,14-15H2,1-5H3,(H2,27,31)(H,28,29)(H,32,34). The van der Waals surface area contributed by atoms with Gasteiger partial charge in [-0.2, -0.15) is 8.42 Å². The van der Waals surface area contributed by atoms with E-state index in [9.17, 15) is 13.2 Å². The number of nitrogens with one attached hydrogen (secondary N) is 2. The smallest absolute Gasteiger partial charge is 0.281 e. The van der Waals surface area contributed by atoms with Crippen molar-refractivity contribution in [1.82, 2.24) is 19.7 Å². The molecule has 1 amide bonds. The maximum Gasteiger partial charge on any atom is 0.281 e. The SMILES string of the molecule is CC1CN(c2nc(-c3cccc(NC(C)C)n3)ccc2C(=O)NS(=O)(=O)c2cccc(N)n2)C(C)(C)C1. The number of hydrogen-bond acceptors (Lipinski definition) is 9. The van der Waals surface area contributed by atoms with Gasteiger partial charge in [0.1, 0.15) is 17.5 Å². The number of nitrogen functional groups attached to an aromatic ring is 1. The summed E-state index contributed by atoms with van der Waals surface area (Å²) in [5.74, 6) is 0.735. The van der Waals surface area contributed by atoms with Gasteiger partial charge in [0.05, 0.1) is 17.0 Å². The number of pyridine rings is 3. The van der Waals surface area contributed by atoms with Crippen molar-refractivity contribution in [3.05, 3.63) is 54.1 Å². The Morgan fingerprint density at radius 1 is 1.05 bits per heavy atom. The van der Waals surface area contributed by atoms with Crippen LogP contribution in [0.25, 0.3) is 11.4 Å². The Morgan fingerprint density at radius 2 is 1.76 bits per heavy atom. The Kier molecular flexibility index (Phi) is 7.09. The molecule has 1 aliphatic heterocycles. The van der Waals surface area contributed by atoms with Gasteiger partial charge in [0.2, 0.25) is 0 Å². The van der Waals surface area contributed by atoms with E-state index in [2.05, 4.69) is 45.7 Å². The number of carbonyl (C=O) groups excluding carboxylic acids is 1. The fourth-order valence-corrected chi connectivity index (χ4v) is 5.64. The molecule has 3 aromatic heterocycles. The van der Waals surface area contributed by atoms with Gasteiger partial charge in [-0.3, -0.25) is 4.79 Å². The van der Waals surface area contributed by atoms with Gasteiger partial charge >= 0.3 is 0 Å². The van der Waals surface area contributed by atoms with Crippen LogP contribution in [0.15, 0.2) is 53.6 Å². The molecule has 1 saturated heterocycles. The van der Waals surface area contributed by atoms with Gasteiger partial charge in [0.15, 0.2) is 5.03 Å². The molecule has 37 heavy (non-hydrogen) atoms. The van der Waals surface area contributed by atoms with Crippen LogP contribution >= 0.6 is 0 Å². The number of nitrogens with zero attached hydrogens (tertiary/aromatic N) is 4. The second-order valence-electron chi connectivity index (χ2n) is 10.3. The third-order valence-electron chi connectivity index (χ3n) is 6.14. The number of aromatic nitrogens is 3. The van der Waals surface area contributed by atoms with Gasteiger partial charge in [0.25, 0.3) is 15.9 Å². The van der Waals surface area contributed by atoms with Crippen molar-refractivity contribution in [2.45, 2.75) is 57.6 Å². The van der Waals surface area contributed by atoms with E-state index in [0.717, 1.165) is 6.42 Å². The molecule has 196 valence electrons. The highest BCUT2D eigenvalue weighted by atomic mass is 32.2. The second kappa shape index (κ2) is 9.97. The van der Waals surface area contributed by atoms with Crippen molar-refractivity contribution >= 4 is 33.4 Å². The normalized spacial score (nSPS) is 17.1. The summed E-state index contributed by atoms with van der Waals surface area (Å²) in [6.45, 7) is 11.1. The van der Waals surface area contributed by atoms with Crippen molar-refractivity contribution in [3.63, 3.8) is 0 Å². The fraction of sp³-hybridized carbons (Fsp3) is 0.385. The van der Waals surface area contributed by atoms with Gasteiger partial charge in [-0.05, 0) is 76.4 Å². The van der Waals surface area contributed by atoms with E-state index < -0.39 is 15.9 Å². The Bertz CT molecular complexity index is 1420. The van der Waals surface area contributed by atoms with E-state index in [-0.39, 0.29) is 28.0 Å². The predicted octanol–water partition coefficient (Wildman–Crippen LogP) is 3.68. The van der Waals surface area contributed by atoms with Crippen molar-refractivity contribution in [1.29, 1.82) is 0 Å². The minimum absolute atomic E-state index is 0.0384. The summed E-state index contributed by atoms with van der Waals surface area (Å²) in [5, 5.41) is 2.95. The van der Waals surface area contributed by atoms with Crippen LogP contribution in [0.1, 0.15) is 51.4 Å². The number of carbonyl (C=O) groups is 1. The minimum Gasteiger partial charge on any atom is -0.384 e. The lowest BCUT2D eigenvalue weighted by Crippen LogP contribution is -2.41. The molecule has 1 atom stereocenters. The van der Waals surface area contributed by atoms with Crippen LogP contribution in [0.3, 0.4) is 0 Å². The van der Waals surface area contributed by atoms with Crippen LogP contribution in [0.4, 0.5) is 17.5 Å². The maximum atomic E-state index is 13.4. The molecule has 0 radical (unpaired) electrons. The van der Waals surface area contributed by atoms with Gasteiger partial charge in [0, 0.05) is 18.1 Å².